The molecule has 0 amide bonds. The fraction of sp³-hybridized carbons (Fsp3) is 0.458. The summed E-state index contributed by atoms with van der Waals surface area (Å²) in [7, 11) is 2.25. The van der Waals surface area contributed by atoms with Gasteiger partial charge < -0.3 is 19.7 Å². The van der Waals surface area contributed by atoms with Crippen molar-refractivity contribution in [1.82, 2.24) is 9.78 Å². The van der Waals surface area contributed by atoms with E-state index in [2.05, 4.69) is 30.8 Å². The monoisotopic (exact) mass is 500 g/mol. The summed E-state index contributed by atoms with van der Waals surface area (Å²) in [6.07, 6.45) is 12.3. The third-order valence-electron chi connectivity index (χ3n) is 4.61. The van der Waals surface area contributed by atoms with E-state index in [-0.39, 0.29) is 30.4 Å². The van der Waals surface area contributed by atoms with Crippen LogP contribution in [0.2, 0.25) is 0 Å². The van der Waals surface area contributed by atoms with E-state index < -0.39 is 24.3 Å². The van der Waals surface area contributed by atoms with Crippen LogP contribution in [0.15, 0.2) is 29.2 Å². The Balaban J connectivity index is 0.00000168. The van der Waals surface area contributed by atoms with Crippen molar-refractivity contribution in [3.63, 3.8) is 0 Å². The number of halogens is 3. The largest absolute Gasteiger partial charge is 0.446 e. The standard InChI is InChI=1S/C19H23F3N2O3S.2C2H2.CH4O/c1-11-8-13(25)10-16(26-11)27-18-15(17(19(20,21)22)24(2)23-18)9-12-4-6-14(28-3)7-5-12;3*1-2/h4-7,11,13,16,25H,8-10H2,1-3H3;2*1-2H;2H,1H3/t11-,13+,16+;;;/m1.../s1. The van der Waals surface area contributed by atoms with E-state index in [4.69, 9.17) is 14.6 Å². The number of thioether (sulfide) groups is 1. The molecule has 188 valence electrons. The maximum atomic E-state index is 13.7. The van der Waals surface area contributed by atoms with Crippen molar-refractivity contribution in [3.8, 4) is 31.6 Å². The van der Waals surface area contributed by atoms with Crippen LogP contribution < -0.4 is 4.74 Å². The highest BCUT2D eigenvalue weighted by atomic mass is 32.2. The number of ether oxygens (including phenoxy) is 2. The zero-order valence-electron chi connectivity index (χ0n) is 19.6. The lowest BCUT2D eigenvalue weighted by Crippen LogP contribution is -2.37. The number of benzene rings is 1. The Morgan fingerprint density at radius 1 is 1.15 bits per heavy atom. The van der Waals surface area contributed by atoms with Gasteiger partial charge in [0.25, 0.3) is 0 Å². The molecule has 0 radical (unpaired) electrons. The van der Waals surface area contributed by atoms with Gasteiger partial charge in [-0.1, -0.05) is 12.1 Å². The summed E-state index contributed by atoms with van der Waals surface area (Å²) in [5, 5.41) is 20.9. The van der Waals surface area contributed by atoms with Gasteiger partial charge in [-0.05, 0) is 37.3 Å². The van der Waals surface area contributed by atoms with Crippen molar-refractivity contribution >= 4 is 11.8 Å². The topological polar surface area (TPSA) is 76.7 Å². The summed E-state index contributed by atoms with van der Waals surface area (Å²) < 4.78 is 53.1. The SMILES string of the molecule is C#C.C#C.CO.CSc1ccc(Cc2c(O[C@H]3C[C@@H](O)C[C@@H](C)O3)nn(C)c2C(F)(F)F)cc1. The van der Waals surface area contributed by atoms with Crippen molar-refractivity contribution in [3.05, 3.63) is 41.1 Å². The molecule has 0 aliphatic carbocycles. The van der Waals surface area contributed by atoms with Crippen LogP contribution in [-0.4, -0.2) is 51.9 Å². The van der Waals surface area contributed by atoms with Gasteiger partial charge in [0.15, 0.2) is 0 Å². The molecule has 2 heterocycles. The summed E-state index contributed by atoms with van der Waals surface area (Å²) in [4.78, 5) is 1.03. The van der Waals surface area contributed by atoms with E-state index in [1.807, 2.05) is 18.4 Å². The third kappa shape index (κ3) is 8.96. The highest BCUT2D eigenvalue weighted by Gasteiger charge is 2.40. The van der Waals surface area contributed by atoms with Gasteiger partial charge in [-0.2, -0.15) is 13.2 Å². The van der Waals surface area contributed by atoms with E-state index in [1.165, 1.54) is 7.05 Å². The number of aryl methyl sites for hydroxylation is 1. The zero-order valence-corrected chi connectivity index (χ0v) is 20.4. The molecule has 2 aromatic rings. The summed E-state index contributed by atoms with van der Waals surface area (Å²) in [6, 6.07) is 7.33. The number of hydrogen-bond donors (Lipinski definition) is 2. The Bertz CT molecular complexity index is 879. The van der Waals surface area contributed by atoms with Gasteiger partial charge in [0.1, 0.15) is 5.69 Å². The van der Waals surface area contributed by atoms with Crippen LogP contribution in [0.25, 0.3) is 0 Å². The maximum absolute atomic E-state index is 13.7. The number of aliphatic hydroxyl groups is 2. The van der Waals surface area contributed by atoms with Gasteiger partial charge in [-0.25, -0.2) is 0 Å². The van der Waals surface area contributed by atoms with Crippen LogP contribution in [-0.2, 0) is 24.4 Å². The number of rotatable bonds is 5. The van der Waals surface area contributed by atoms with E-state index >= 15 is 0 Å². The van der Waals surface area contributed by atoms with E-state index in [1.54, 1.807) is 30.8 Å². The Morgan fingerprint density at radius 2 is 1.71 bits per heavy atom. The first kappa shape index (κ1) is 31.4. The number of aromatic nitrogens is 2. The molecule has 34 heavy (non-hydrogen) atoms. The molecule has 0 spiro atoms. The molecule has 0 unspecified atom stereocenters. The molecule has 1 aromatic heterocycles. The van der Waals surface area contributed by atoms with Crippen molar-refractivity contribution in [2.75, 3.05) is 13.4 Å². The minimum atomic E-state index is -4.57. The summed E-state index contributed by atoms with van der Waals surface area (Å²) >= 11 is 1.56. The van der Waals surface area contributed by atoms with Gasteiger partial charge in [-0.3, -0.25) is 4.68 Å². The van der Waals surface area contributed by atoms with Crippen LogP contribution in [0.4, 0.5) is 13.2 Å². The minimum Gasteiger partial charge on any atom is -0.446 e. The molecular formula is C24H31F3N2O4S. The molecule has 0 saturated carbocycles. The zero-order chi connectivity index (χ0) is 26.5. The number of hydrogen-bond acceptors (Lipinski definition) is 6. The number of nitrogens with zero attached hydrogens (tertiary/aromatic N) is 2. The quantitative estimate of drug-likeness (QED) is 0.475. The van der Waals surface area contributed by atoms with Crippen molar-refractivity contribution in [2.45, 2.75) is 55.8 Å². The molecule has 1 aliphatic heterocycles. The predicted octanol–water partition coefficient (Wildman–Crippen LogP) is 4.12. The van der Waals surface area contributed by atoms with Crippen LogP contribution in [0.3, 0.4) is 0 Å². The van der Waals surface area contributed by atoms with E-state index in [0.717, 1.165) is 22.3 Å². The lowest BCUT2D eigenvalue weighted by atomic mass is 10.0. The van der Waals surface area contributed by atoms with Crippen LogP contribution >= 0.6 is 11.8 Å². The lowest BCUT2D eigenvalue weighted by Gasteiger charge is -2.30. The molecule has 1 aromatic carbocycles. The molecule has 1 aliphatic rings. The van der Waals surface area contributed by atoms with Gasteiger partial charge >= 0.3 is 6.18 Å². The van der Waals surface area contributed by atoms with Crippen molar-refractivity contribution in [1.29, 1.82) is 0 Å². The smallest absolute Gasteiger partial charge is 0.433 e. The molecule has 3 rings (SSSR count). The van der Waals surface area contributed by atoms with E-state index in [9.17, 15) is 18.3 Å². The van der Waals surface area contributed by atoms with E-state index in [0.29, 0.717) is 6.42 Å². The van der Waals surface area contributed by atoms with Gasteiger partial charge in [0.05, 0.1) is 17.8 Å². The highest BCUT2D eigenvalue weighted by Crippen LogP contribution is 2.38. The molecule has 1 saturated heterocycles. The van der Waals surface area contributed by atoms with Crippen molar-refractivity contribution < 1.29 is 32.9 Å². The average Bonchev–Trinajstić information content (AvgIpc) is 3.12. The number of aliphatic hydroxyl groups excluding tert-OH is 2. The second kappa shape index (κ2) is 15.3. The number of terminal acetylenes is 2. The minimum absolute atomic E-state index is 0.0253. The van der Waals surface area contributed by atoms with Crippen LogP contribution in [0.1, 0.15) is 36.6 Å². The maximum Gasteiger partial charge on any atom is 0.433 e. The Hall–Kier alpha value is -2.63. The lowest BCUT2D eigenvalue weighted by molar-refractivity contribution is -0.171. The third-order valence-corrected chi connectivity index (χ3v) is 5.36. The molecule has 1 fully saturated rings. The fourth-order valence-electron chi connectivity index (χ4n) is 3.37. The molecule has 3 atom stereocenters. The Kier molecular flexibility index (Phi) is 14.1. The molecule has 6 nitrogen and oxygen atoms in total. The molecule has 2 N–H and O–H groups in total. The molecule has 10 heteroatoms. The first-order valence-corrected chi connectivity index (χ1v) is 11.3. The normalized spacial score (nSPS) is 19.3. The van der Waals surface area contributed by atoms with Gasteiger partial charge in [-0.15, -0.1) is 42.6 Å². The summed E-state index contributed by atoms with van der Waals surface area (Å²) in [6.45, 7) is 1.78. The second-order valence-electron chi connectivity index (χ2n) is 6.90. The molecular weight excluding hydrogens is 469 g/mol. The fourth-order valence-corrected chi connectivity index (χ4v) is 3.78. The first-order chi connectivity index (χ1) is 16.2. The molecule has 0 bridgehead atoms. The average molecular weight is 501 g/mol. The Labute approximate surface area is 203 Å². The summed E-state index contributed by atoms with van der Waals surface area (Å²) in [5.41, 5.74) is -0.164. The first-order valence-electron chi connectivity index (χ1n) is 10.0. The van der Waals surface area contributed by atoms with Crippen LogP contribution in [0.5, 0.6) is 5.88 Å². The predicted molar refractivity (Wildman–Crippen MR) is 127 cm³/mol. The van der Waals surface area contributed by atoms with Crippen LogP contribution in [0, 0.1) is 25.7 Å². The number of alkyl halides is 3. The Morgan fingerprint density at radius 3 is 2.18 bits per heavy atom. The second-order valence-corrected chi connectivity index (χ2v) is 7.78. The highest BCUT2D eigenvalue weighted by molar-refractivity contribution is 7.98. The van der Waals surface area contributed by atoms with Gasteiger partial charge in [0.2, 0.25) is 12.2 Å². The van der Waals surface area contributed by atoms with Gasteiger partial charge in [0, 0.05) is 31.9 Å². The van der Waals surface area contributed by atoms with Crippen molar-refractivity contribution in [2.24, 2.45) is 7.05 Å². The summed E-state index contributed by atoms with van der Waals surface area (Å²) in [5.74, 6) is -0.116.